The normalized spacial score (nSPS) is 38.7. The van der Waals surface area contributed by atoms with Gasteiger partial charge in [-0.3, -0.25) is 0 Å². The first-order valence-corrected chi connectivity index (χ1v) is 11.5. The molecule has 6 atom stereocenters. The number of allylic oxidation sites excluding steroid dienone is 1. The van der Waals surface area contributed by atoms with E-state index in [1.165, 1.54) is 18.7 Å². The van der Waals surface area contributed by atoms with Crippen molar-refractivity contribution in [3.63, 3.8) is 0 Å². The van der Waals surface area contributed by atoms with Gasteiger partial charge in [0.2, 0.25) is 0 Å². The lowest BCUT2D eigenvalue weighted by molar-refractivity contribution is -0.204. The van der Waals surface area contributed by atoms with Crippen molar-refractivity contribution in [2.45, 2.75) is 63.9 Å². The summed E-state index contributed by atoms with van der Waals surface area (Å²) in [7, 11) is 1.54. The van der Waals surface area contributed by atoms with Crippen molar-refractivity contribution in [2.75, 3.05) is 13.7 Å². The molecular formula is C26H28O7. The number of rotatable bonds is 3. The third-order valence-corrected chi connectivity index (χ3v) is 8.94. The van der Waals surface area contributed by atoms with Gasteiger partial charge in [0.25, 0.3) is 0 Å². The molecule has 6 rings (SSSR count). The van der Waals surface area contributed by atoms with Crippen molar-refractivity contribution >= 4 is 16.9 Å². The molecule has 2 saturated heterocycles. The van der Waals surface area contributed by atoms with E-state index in [0.717, 1.165) is 12.8 Å². The zero-order valence-corrected chi connectivity index (χ0v) is 19.3. The third-order valence-electron chi connectivity index (χ3n) is 8.94. The van der Waals surface area contributed by atoms with E-state index in [1.807, 2.05) is 0 Å². The molecule has 1 aromatic carbocycles. The Morgan fingerprint density at radius 3 is 2.73 bits per heavy atom. The van der Waals surface area contributed by atoms with Crippen LogP contribution in [0.5, 0.6) is 5.75 Å². The molecule has 2 bridgehead atoms. The van der Waals surface area contributed by atoms with Crippen LogP contribution in [-0.4, -0.2) is 43.6 Å². The van der Waals surface area contributed by atoms with Gasteiger partial charge in [-0.2, -0.15) is 0 Å². The lowest BCUT2D eigenvalue weighted by Crippen LogP contribution is -2.63. The zero-order valence-electron chi connectivity index (χ0n) is 19.3. The number of benzene rings is 1. The minimum absolute atomic E-state index is 0.0412. The number of carbonyl (C=O) groups is 1. The first kappa shape index (κ1) is 20.9. The largest absolute Gasteiger partial charge is 0.497 e. The van der Waals surface area contributed by atoms with Gasteiger partial charge >= 0.3 is 11.6 Å². The lowest BCUT2D eigenvalue weighted by Gasteiger charge is -2.57. The molecule has 0 unspecified atom stereocenters. The third kappa shape index (κ3) is 2.63. The standard InChI is InChI=1S/C26H28O7/c1-14-7-8-24(2)19(9-14)32-21-12-20(25(24,3)26(21)13-30-26)33-23(28)17-10-15-5-6-16(29-4)11-18(15)31-22(17)27/h5-6,9-11,19-21H,7-8,12-13H2,1-4H3/t19-,20-,21-,24+,25-,26+/m1/s1. The minimum atomic E-state index is -0.721. The Bertz CT molecular complexity index is 1260. The van der Waals surface area contributed by atoms with Crippen molar-refractivity contribution in [1.29, 1.82) is 0 Å². The van der Waals surface area contributed by atoms with Gasteiger partial charge in [0.1, 0.15) is 28.6 Å². The predicted molar refractivity (Wildman–Crippen MR) is 119 cm³/mol. The number of hydrogen-bond donors (Lipinski definition) is 0. The molecule has 2 aromatic rings. The highest BCUT2D eigenvalue weighted by Gasteiger charge is 2.81. The van der Waals surface area contributed by atoms with Crippen molar-refractivity contribution < 1.29 is 28.2 Å². The number of carbonyl (C=O) groups excluding carboxylic acids is 1. The maximum atomic E-state index is 13.3. The number of esters is 1. The fourth-order valence-electron chi connectivity index (χ4n) is 6.57. The average molecular weight is 453 g/mol. The van der Waals surface area contributed by atoms with Gasteiger partial charge in [-0.05, 0) is 38.0 Å². The Labute approximate surface area is 191 Å². The van der Waals surface area contributed by atoms with Crippen LogP contribution in [0, 0.1) is 10.8 Å². The molecule has 7 nitrogen and oxygen atoms in total. The van der Waals surface area contributed by atoms with Gasteiger partial charge in [-0.1, -0.05) is 25.5 Å². The van der Waals surface area contributed by atoms with Crippen LogP contribution in [-0.2, 0) is 14.2 Å². The van der Waals surface area contributed by atoms with E-state index >= 15 is 0 Å². The molecule has 1 spiro atoms. The molecule has 1 aromatic heterocycles. The Morgan fingerprint density at radius 1 is 1.21 bits per heavy atom. The highest BCUT2D eigenvalue weighted by atomic mass is 16.6. The number of methoxy groups -OCH3 is 1. The second-order valence-corrected chi connectivity index (χ2v) is 10.3. The van der Waals surface area contributed by atoms with E-state index in [1.54, 1.807) is 18.2 Å². The zero-order chi connectivity index (χ0) is 23.2. The van der Waals surface area contributed by atoms with E-state index in [-0.39, 0.29) is 23.2 Å². The molecule has 2 aliphatic heterocycles. The van der Waals surface area contributed by atoms with Gasteiger partial charge in [0.05, 0.1) is 25.9 Å². The van der Waals surface area contributed by atoms with E-state index in [4.69, 9.17) is 23.4 Å². The van der Waals surface area contributed by atoms with Crippen molar-refractivity contribution in [1.82, 2.24) is 0 Å². The van der Waals surface area contributed by atoms with Crippen LogP contribution < -0.4 is 10.4 Å². The number of fused-ring (bicyclic) bond motifs is 3. The molecular weight excluding hydrogens is 424 g/mol. The Kier molecular flexibility index (Phi) is 4.25. The monoisotopic (exact) mass is 452 g/mol. The van der Waals surface area contributed by atoms with Crippen molar-refractivity contribution in [3.05, 3.63) is 51.9 Å². The molecule has 4 aliphatic rings. The summed E-state index contributed by atoms with van der Waals surface area (Å²) in [6.45, 7) is 7.14. The first-order valence-electron chi connectivity index (χ1n) is 11.5. The summed E-state index contributed by atoms with van der Waals surface area (Å²) in [5, 5.41) is 0.629. The Hall–Kier alpha value is -2.64. The molecule has 0 radical (unpaired) electrons. The molecule has 7 heteroatoms. The summed E-state index contributed by atoms with van der Waals surface area (Å²) in [5.74, 6) is -0.0971. The minimum Gasteiger partial charge on any atom is -0.497 e. The summed E-state index contributed by atoms with van der Waals surface area (Å²) in [5.41, 5.74) is -0.250. The van der Waals surface area contributed by atoms with Gasteiger partial charge in [0.15, 0.2) is 0 Å². The predicted octanol–water partition coefficient (Wildman–Crippen LogP) is 4.02. The Balaban J connectivity index is 1.35. The van der Waals surface area contributed by atoms with Crippen LogP contribution in [0.25, 0.3) is 11.0 Å². The van der Waals surface area contributed by atoms with E-state index < -0.39 is 28.7 Å². The van der Waals surface area contributed by atoms with Crippen LogP contribution in [0.1, 0.15) is 50.4 Å². The maximum absolute atomic E-state index is 13.3. The fourth-order valence-corrected chi connectivity index (χ4v) is 6.57. The summed E-state index contributed by atoms with van der Waals surface area (Å²) in [6.07, 6.45) is 4.08. The smallest absolute Gasteiger partial charge is 0.351 e. The lowest BCUT2D eigenvalue weighted by atomic mass is 9.52. The first-order chi connectivity index (χ1) is 15.7. The number of epoxide rings is 1. The van der Waals surface area contributed by atoms with Gasteiger partial charge in [-0.25, -0.2) is 9.59 Å². The summed E-state index contributed by atoms with van der Waals surface area (Å²) in [6, 6.07) is 6.66. The average Bonchev–Trinajstić information content (AvgIpc) is 3.57. The summed E-state index contributed by atoms with van der Waals surface area (Å²) >= 11 is 0. The summed E-state index contributed by atoms with van der Waals surface area (Å²) < 4.78 is 29.3. The van der Waals surface area contributed by atoms with Crippen molar-refractivity contribution in [3.8, 4) is 5.75 Å². The quantitative estimate of drug-likeness (QED) is 0.301. The molecule has 33 heavy (non-hydrogen) atoms. The van der Waals surface area contributed by atoms with E-state index in [0.29, 0.717) is 29.7 Å². The van der Waals surface area contributed by atoms with Crippen LogP contribution in [0.15, 0.2) is 45.1 Å². The van der Waals surface area contributed by atoms with Gasteiger partial charge in [-0.15, -0.1) is 0 Å². The Morgan fingerprint density at radius 2 is 2.00 bits per heavy atom. The van der Waals surface area contributed by atoms with E-state index in [2.05, 4.69) is 26.8 Å². The summed E-state index contributed by atoms with van der Waals surface area (Å²) in [4.78, 5) is 25.9. The van der Waals surface area contributed by atoms with Crippen LogP contribution in [0.2, 0.25) is 0 Å². The van der Waals surface area contributed by atoms with Crippen LogP contribution in [0.4, 0.5) is 0 Å². The SMILES string of the molecule is COc1ccc2cc(C(=O)O[C@@H]3C[C@H]4O[C@@H]5C=C(C)CC[C@]5(C)[C@]3(C)[C@]43CO3)c(=O)oc2c1. The molecule has 3 heterocycles. The second-order valence-electron chi connectivity index (χ2n) is 10.3. The number of hydrogen-bond acceptors (Lipinski definition) is 7. The molecule has 3 fully saturated rings. The highest BCUT2D eigenvalue weighted by Crippen LogP contribution is 2.71. The number of ether oxygens (including phenoxy) is 4. The van der Waals surface area contributed by atoms with Crippen molar-refractivity contribution in [2.24, 2.45) is 10.8 Å². The van der Waals surface area contributed by atoms with Crippen LogP contribution in [0.3, 0.4) is 0 Å². The molecule has 174 valence electrons. The van der Waals surface area contributed by atoms with Crippen LogP contribution >= 0.6 is 0 Å². The maximum Gasteiger partial charge on any atom is 0.351 e. The highest BCUT2D eigenvalue weighted by molar-refractivity contribution is 5.93. The topological polar surface area (TPSA) is 87.5 Å². The van der Waals surface area contributed by atoms with Gasteiger partial charge in [0, 0.05) is 28.7 Å². The second kappa shape index (κ2) is 6.70. The fraction of sp³-hybridized carbons (Fsp3) is 0.538. The molecule has 2 aliphatic carbocycles. The molecule has 0 amide bonds. The molecule has 1 saturated carbocycles. The molecule has 0 N–H and O–H groups in total. The van der Waals surface area contributed by atoms with E-state index in [9.17, 15) is 9.59 Å². The van der Waals surface area contributed by atoms with Gasteiger partial charge < -0.3 is 23.4 Å².